The Labute approximate surface area is 94.3 Å². The SMILES string of the molecule is COC(F)(F)C(F)(F)C(F)(F)C(F)(F)S(=O)(=O)O. The van der Waals surface area contributed by atoms with Gasteiger partial charge in [0.1, 0.15) is 0 Å². The van der Waals surface area contributed by atoms with Crippen LogP contribution >= 0.6 is 0 Å². The first-order valence-electron chi connectivity index (χ1n) is 3.59. The van der Waals surface area contributed by atoms with Gasteiger partial charge in [0.25, 0.3) is 0 Å². The van der Waals surface area contributed by atoms with Crippen LogP contribution in [0, 0.1) is 0 Å². The second kappa shape index (κ2) is 4.16. The molecule has 0 aromatic heterocycles. The van der Waals surface area contributed by atoms with Crippen LogP contribution in [0.15, 0.2) is 0 Å². The lowest BCUT2D eigenvalue weighted by atomic mass is 10.1. The van der Waals surface area contributed by atoms with Crippen LogP contribution in [0.2, 0.25) is 0 Å². The fraction of sp³-hybridized carbons (Fsp3) is 1.00. The number of alkyl halides is 8. The molecular formula is C5H4F8O4S. The van der Waals surface area contributed by atoms with Crippen molar-refractivity contribution in [2.24, 2.45) is 0 Å². The summed E-state index contributed by atoms with van der Waals surface area (Å²) in [5, 5.41) is -6.84. The van der Waals surface area contributed by atoms with Crippen molar-refractivity contribution in [2.45, 2.75) is 23.2 Å². The largest absolute Gasteiger partial charge is 0.438 e. The average molecular weight is 312 g/mol. The quantitative estimate of drug-likeness (QED) is 0.623. The van der Waals surface area contributed by atoms with E-state index in [9.17, 15) is 43.5 Å². The molecule has 0 heterocycles. The zero-order valence-electron chi connectivity index (χ0n) is 8.10. The lowest BCUT2D eigenvalue weighted by Gasteiger charge is -2.34. The van der Waals surface area contributed by atoms with Crippen molar-refractivity contribution in [2.75, 3.05) is 7.11 Å². The van der Waals surface area contributed by atoms with Crippen LogP contribution in [-0.4, -0.2) is 43.3 Å². The molecular weight excluding hydrogens is 308 g/mol. The van der Waals surface area contributed by atoms with E-state index in [2.05, 4.69) is 4.74 Å². The molecule has 110 valence electrons. The van der Waals surface area contributed by atoms with Crippen LogP contribution in [0.3, 0.4) is 0 Å². The summed E-state index contributed by atoms with van der Waals surface area (Å²) in [4.78, 5) is 0. The zero-order valence-corrected chi connectivity index (χ0v) is 8.92. The summed E-state index contributed by atoms with van der Waals surface area (Å²) < 4.78 is 130. The minimum Gasteiger partial charge on any atom is -0.319 e. The van der Waals surface area contributed by atoms with E-state index >= 15 is 0 Å². The van der Waals surface area contributed by atoms with E-state index < -0.39 is 33.3 Å². The molecule has 4 nitrogen and oxygen atoms in total. The van der Waals surface area contributed by atoms with Gasteiger partial charge in [0.15, 0.2) is 0 Å². The van der Waals surface area contributed by atoms with Gasteiger partial charge in [-0.15, -0.1) is 0 Å². The molecule has 0 aliphatic rings. The normalized spacial score (nSPS) is 15.9. The van der Waals surface area contributed by atoms with Crippen LogP contribution in [-0.2, 0) is 14.9 Å². The lowest BCUT2D eigenvalue weighted by Crippen LogP contribution is -2.64. The molecule has 13 heteroatoms. The number of halogens is 8. The number of methoxy groups -OCH3 is 1. The van der Waals surface area contributed by atoms with Gasteiger partial charge >= 0.3 is 33.3 Å². The standard InChI is InChI=1S/C5H4F8O4S/c1-17-4(10,11)2(6,7)3(8,9)5(12,13)18(14,15)16/h1H3,(H,14,15,16). The summed E-state index contributed by atoms with van der Waals surface area (Å²) in [6.07, 6.45) is -6.09. The highest BCUT2D eigenvalue weighted by Gasteiger charge is 2.85. The summed E-state index contributed by atoms with van der Waals surface area (Å²) >= 11 is 0. The third-order valence-corrected chi connectivity index (χ3v) is 2.61. The number of ether oxygens (including phenoxy) is 1. The Morgan fingerprint density at radius 2 is 1.22 bits per heavy atom. The van der Waals surface area contributed by atoms with Crippen molar-refractivity contribution in [1.82, 2.24) is 0 Å². The van der Waals surface area contributed by atoms with E-state index in [0.29, 0.717) is 0 Å². The minimum absolute atomic E-state index is 0.199. The highest BCUT2D eigenvalue weighted by molar-refractivity contribution is 7.87. The second-order valence-electron chi connectivity index (χ2n) is 2.86. The Bertz CT molecular complexity index is 415. The maximum atomic E-state index is 12.6. The molecule has 0 radical (unpaired) electrons. The molecule has 0 atom stereocenters. The predicted molar refractivity (Wildman–Crippen MR) is 38.3 cm³/mol. The molecule has 0 spiro atoms. The van der Waals surface area contributed by atoms with Crippen LogP contribution in [0.5, 0.6) is 0 Å². The van der Waals surface area contributed by atoms with E-state index in [-0.39, 0.29) is 7.11 Å². The van der Waals surface area contributed by atoms with Crippen LogP contribution in [0.4, 0.5) is 35.1 Å². The van der Waals surface area contributed by atoms with Crippen molar-refractivity contribution in [3.8, 4) is 0 Å². The predicted octanol–water partition coefficient (Wildman–Crippen LogP) is 1.98. The minimum atomic E-state index is -7.12. The van der Waals surface area contributed by atoms with Gasteiger partial charge in [-0.1, -0.05) is 0 Å². The first-order chi connectivity index (χ1) is 7.56. The molecule has 0 unspecified atom stereocenters. The van der Waals surface area contributed by atoms with Gasteiger partial charge in [-0.25, -0.2) is 0 Å². The van der Waals surface area contributed by atoms with Gasteiger partial charge in [-0.2, -0.15) is 43.5 Å². The summed E-state index contributed by atoms with van der Waals surface area (Å²) in [5.74, 6) is -14.0. The number of rotatable bonds is 5. The first kappa shape index (κ1) is 17.3. The number of hydrogen-bond acceptors (Lipinski definition) is 3. The van der Waals surface area contributed by atoms with Gasteiger partial charge in [0.05, 0.1) is 0 Å². The van der Waals surface area contributed by atoms with Crippen LogP contribution in [0.1, 0.15) is 0 Å². The Kier molecular flexibility index (Phi) is 4.00. The van der Waals surface area contributed by atoms with Crippen molar-refractivity contribution in [3.05, 3.63) is 0 Å². The van der Waals surface area contributed by atoms with Crippen LogP contribution in [0.25, 0.3) is 0 Å². The topological polar surface area (TPSA) is 63.6 Å². The molecule has 0 fully saturated rings. The summed E-state index contributed by atoms with van der Waals surface area (Å²) in [5.41, 5.74) is 0. The zero-order chi connectivity index (χ0) is 15.2. The third kappa shape index (κ3) is 2.14. The monoisotopic (exact) mass is 312 g/mol. The van der Waals surface area contributed by atoms with Crippen molar-refractivity contribution in [3.63, 3.8) is 0 Å². The summed E-state index contributed by atoms with van der Waals surface area (Å²) in [6.45, 7) is 0. The van der Waals surface area contributed by atoms with Crippen molar-refractivity contribution >= 4 is 10.1 Å². The average Bonchev–Trinajstić information content (AvgIpc) is 2.15. The van der Waals surface area contributed by atoms with Gasteiger partial charge in [-0.05, 0) is 0 Å². The molecule has 0 bridgehead atoms. The Balaban J connectivity index is 5.96. The molecule has 0 saturated heterocycles. The second-order valence-corrected chi connectivity index (χ2v) is 4.32. The molecule has 0 amide bonds. The molecule has 18 heavy (non-hydrogen) atoms. The highest BCUT2D eigenvalue weighted by Crippen LogP contribution is 2.54. The summed E-state index contributed by atoms with van der Waals surface area (Å²) in [6, 6.07) is 0. The highest BCUT2D eigenvalue weighted by atomic mass is 32.2. The third-order valence-electron chi connectivity index (χ3n) is 1.71. The van der Waals surface area contributed by atoms with E-state index in [1.54, 1.807) is 0 Å². The molecule has 0 aliphatic carbocycles. The Morgan fingerprint density at radius 1 is 0.889 bits per heavy atom. The van der Waals surface area contributed by atoms with Gasteiger partial charge in [-0.3, -0.25) is 4.55 Å². The molecule has 0 rings (SSSR count). The first-order valence-corrected chi connectivity index (χ1v) is 5.03. The fourth-order valence-electron chi connectivity index (χ4n) is 0.656. The van der Waals surface area contributed by atoms with Crippen molar-refractivity contribution in [1.29, 1.82) is 0 Å². The maximum absolute atomic E-state index is 12.6. The molecule has 0 aliphatic heterocycles. The molecule has 0 aromatic carbocycles. The maximum Gasteiger partial charge on any atom is 0.438 e. The Morgan fingerprint density at radius 3 is 1.44 bits per heavy atom. The van der Waals surface area contributed by atoms with E-state index in [0.717, 1.165) is 0 Å². The van der Waals surface area contributed by atoms with Gasteiger partial charge in [0.2, 0.25) is 0 Å². The fourth-order valence-corrected chi connectivity index (χ4v) is 1.11. The number of hydrogen-bond donors (Lipinski definition) is 1. The Hall–Kier alpha value is -0.690. The lowest BCUT2D eigenvalue weighted by molar-refractivity contribution is -0.412. The molecule has 0 aromatic rings. The van der Waals surface area contributed by atoms with E-state index in [1.807, 2.05) is 0 Å². The van der Waals surface area contributed by atoms with Gasteiger partial charge < -0.3 is 4.74 Å². The molecule has 0 saturated carbocycles. The smallest absolute Gasteiger partial charge is 0.319 e. The van der Waals surface area contributed by atoms with Crippen LogP contribution < -0.4 is 0 Å². The van der Waals surface area contributed by atoms with Gasteiger partial charge in [0, 0.05) is 7.11 Å². The van der Waals surface area contributed by atoms with E-state index in [4.69, 9.17) is 4.55 Å². The van der Waals surface area contributed by atoms with E-state index in [1.165, 1.54) is 0 Å². The summed E-state index contributed by atoms with van der Waals surface area (Å²) in [7, 11) is -7.26. The molecule has 1 N–H and O–H groups in total. The van der Waals surface area contributed by atoms with Crippen molar-refractivity contribution < 1.29 is 52.8 Å².